The van der Waals surface area contributed by atoms with Gasteiger partial charge in [-0.2, -0.15) is 0 Å². The molecule has 1 unspecified atom stereocenters. The SMILES string of the molecule is CCNC(=O)CCNC(=O)C(C)NC. The molecule has 0 heterocycles. The lowest BCUT2D eigenvalue weighted by atomic mass is 10.3. The molecule has 3 N–H and O–H groups in total. The van der Waals surface area contributed by atoms with Gasteiger partial charge in [0.2, 0.25) is 11.8 Å². The summed E-state index contributed by atoms with van der Waals surface area (Å²) in [6.45, 7) is 4.64. The summed E-state index contributed by atoms with van der Waals surface area (Å²) < 4.78 is 0. The predicted molar refractivity (Wildman–Crippen MR) is 54.8 cm³/mol. The average Bonchev–Trinajstić information content (AvgIpc) is 2.16. The molecule has 0 aromatic rings. The van der Waals surface area contributed by atoms with Crippen molar-refractivity contribution in [2.24, 2.45) is 0 Å². The fourth-order valence-corrected chi connectivity index (χ4v) is 0.869. The van der Waals surface area contributed by atoms with Gasteiger partial charge in [0.25, 0.3) is 0 Å². The van der Waals surface area contributed by atoms with E-state index in [4.69, 9.17) is 0 Å². The Morgan fingerprint density at radius 2 is 1.93 bits per heavy atom. The summed E-state index contributed by atoms with van der Waals surface area (Å²) in [6.07, 6.45) is 0.329. The van der Waals surface area contributed by atoms with E-state index in [1.54, 1.807) is 14.0 Å². The van der Waals surface area contributed by atoms with Crippen LogP contribution in [0.4, 0.5) is 0 Å². The van der Waals surface area contributed by atoms with Crippen molar-refractivity contribution in [1.82, 2.24) is 16.0 Å². The third kappa shape index (κ3) is 5.53. The van der Waals surface area contributed by atoms with Crippen LogP contribution >= 0.6 is 0 Å². The molecule has 0 spiro atoms. The van der Waals surface area contributed by atoms with Crippen LogP contribution in [0.1, 0.15) is 20.3 Å². The van der Waals surface area contributed by atoms with Gasteiger partial charge in [0.15, 0.2) is 0 Å². The highest BCUT2D eigenvalue weighted by Gasteiger charge is 2.09. The van der Waals surface area contributed by atoms with Crippen LogP contribution in [-0.2, 0) is 9.59 Å². The van der Waals surface area contributed by atoms with Gasteiger partial charge in [-0.25, -0.2) is 0 Å². The lowest BCUT2D eigenvalue weighted by molar-refractivity contribution is -0.123. The number of hydrogen-bond acceptors (Lipinski definition) is 3. The molecular weight excluding hydrogens is 182 g/mol. The quantitative estimate of drug-likeness (QED) is 0.529. The maximum Gasteiger partial charge on any atom is 0.236 e. The molecule has 0 rings (SSSR count). The molecule has 5 nitrogen and oxygen atoms in total. The first kappa shape index (κ1) is 12.9. The van der Waals surface area contributed by atoms with E-state index in [-0.39, 0.29) is 17.9 Å². The van der Waals surface area contributed by atoms with Crippen molar-refractivity contribution < 1.29 is 9.59 Å². The summed E-state index contributed by atoms with van der Waals surface area (Å²) in [5, 5.41) is 8.13. The number of rotatable bonds is 6. The molecule has 0 bridgehead atoms. The van der Waals surface area contributed by atoms with E-state index >= 15 is 0 Å². The molecule has 14 heavy (non-hydrogen) atoms. The molecule has 5 heteroatoms. The molecule has 0 fully saturated rings. The second-order valence-electron chi connectivity index (χ2n) is 3.00. The smallest absolute Gasteiger partial charge is 0.236 e. The van der Waals surface area contributed by atoms with Crippen LogP contribution in [0.5, 0.6) is 0 Å². The normalized spacial score (nSPS) is 11.9. The van der Waals surface area contributed by atoms with E-state index in [9.17, 15) is 9.59 Å². The standard InChI is InChI=1S/C9H19N3O2/c1-4-11-8(13)5-6-12-9(14)7(2)10-3/h7,10H,4-6H2,1-3H3,(H,11,13)(H,12,14). The van der Waals surface area contributed by atoms with E-state index in [0.717, 1.165) is 0 Å². The van der Waals surface area contributed by atoms with Crippen molar-refractivity contribution in [3.8, 4) is 0 Å². The van der Waals surface area contributed by atoms with Gasteiger partial charge in [-0.05, 0) is 20.9 Å². The van der Waals surface area contributed by atoms with Crippen LogP contribution in [0.25, 0.3) is 0 Å². The summed E-state index contributed by atoms with van der Waals surface area (Å²) in [4.78, 5) is 22.2. The van der Waals surface area contributed by atoms with Gasteiger partial charge in [-0.3, -0.25) is 9.59 Å². The van der Waals surface area contributed by atoms with E-state index < -0.39 is 0 Å². The number of likely N-dealkylation sites (N-methyl/N-ethyl adjacent to an activating group) is 1. The Morgan fingerprint density at radius 3 is 2.43 bits per heavy atom. The molecular formula is C9H19N3O2. The Kier molecular flexibility index (Phi) is 6.74. The lowest BCUT2D eigenvalue weighted by Gasteiger charge is -2.10. The Bertz CT molecular complexity index is 194. The minimum Gasteiger partial charge on any atom is -0.356 e. The Morgan fingerprint density at radius 1 is 1.29 bits per heavy atom. The van der Waals surface area contributed by atoms with E-state index in [0.29, 0.717) is 19.5 Å². The third-order valence-electron chi connectivity index (χ3n) is 1.85. The van der Waals surface area contributed by atoms with Crippen LogP contribution < -0.4 is 16.0 Å². The first-order valence-electron chi connectivity index (χ1n) is 4.83. The van der Waals surface area contributed by atoms with Crippen LogP contribution in [0.3, 0.4) is 0 Å². The fraction of sp³-hybridized carbons (Fsp3) is 0.778. The molecule has 0 saturated heterocycles. The molecule has 0 aromatic carbocycles. The summed E-state index contributed by atoms with van der Waals surface area (Å²) >= 11 is 0. The predicted octanol–water partition coefficient (Wildman–Crippen LogP) is -0.763. The molecule has 0 radical (unpaired) electrons. The van der Waals surface area contributed by atoms with Crippen LogP contribution in [0, 0.1) is 0 Å². The van der Waals surface area contributed by atoms with Crippen LogP contribution in [-0.4, -0.2) is 38.0 Å². The van der Waals surface area contributed by atoms with E-state index in [1.807, 2.05) is 6.92 Å². The molecule has 0 aliphatic carbocycles. The zero-order valence-electron chi connectivity index (χ0n) is 9.02. The van der Waals surface area contributed by atoms with Gasteiger partial charge in [-0.15, -0.1) is 0 Å². The topological polar surface area (TPSA) is 70.2 Å². The van der Waals surface area contributed by atoms with Crippen molar-refractivity contribution in [2.75, 3.05) is 20.1 Å². The van der Waals surface area contributed by atoms with Crippen molar-refractivity contribution >= 4 is 11.8 Å². The van der Waals surface area contributed by atoms with Crippen molar-refractivity contribution in [3.05, 3.63) is 0 Å². The van der Waals surface area contributed by atoms with Crippen molar-refractivity contribution in [2.45, 2.75) is 26.3 Å². The van der Waals surface area contributed by atoms with Gasteiger partial charge >= 0.3 is 0 Å². The van der Waals surface area contributed by atoms with E-state index in [1.165, 1.54) is 0 Å². The Hall–Kier alpha value is -1.10. The highest BCUT2D eigenvalue weighted by molar-refractivity contribution is 5.82. The molecule has 0 aliphatic rings. The van der Waals surface area contributed by atoms with Crippen LogP contribution in [0.2, 0.25) is 0 Å². The zero-order valence-corrected chi connectivity index (χ0v) is 9.02. The lowest BCUT2D eigenvalue weighted by Crippen LogP contribution is -2.41. The first-order chi connectivity index (χ1) is 6.61. The summed E-state index contributed by atoms with van der Waals surface area (Å²) in [5.74, 6) is -0.123. The van der Waals surface area contributed by atoms with Gasteiger partial charge in [0.05, 0.1) is 6.04 Å². The van der Waals surface area contributed by atoms with Gasteiger partial charge < -0.3 is 16.0 Å². The fourth-order valence-electron chi connectivity index (χ4n) is 0.869. The van der Waals surface area contributed by atoms with Crippen molar-refractivity contribution in [1.29, 1.82) is 0 Å². The van der Waals surface area contributed by atoms with Gasteiger partial charge in [-0.1, -0.05) is 0 Å². The molecule has 0 aromatic heterocycles. The number of nitrogens with one attached hydrogen (secondary N) is 3. The monoisotopic (exact) mass is 201 g/mol. The minimum atomic E-state index is -0.218. The maximum atomic E-state index is 11.2. The molecule has 0 aliphatic heterocycles. The second-order valence-corrected chi connectivity index (χ2v) is 3.00. The first-order valence-corrected chi connectivity index (χ1v) is 4.83. The number of carbonyl (C=O) groups is 2. The molecule has 82 valence electrons. The second kappa shape index (κ2) is 7.32. The minimum absolute atomic E-state index is 0.0371. The Balaban J connectivity index is 3.54. The van der Waals surface area contributed by atoms with E-state index in [2.05, 4.69) is 16.0 Å². The summed E-state index contributed by atoms with van der Waals surface area (Å²) in [6, 6.07) is -0.218. The summed E-state index contributed by atoms with van der Waals surface area (Å²) in [5.41, 5.74) is 0. The highest BCUT2D eigenvalue weighted by Crippen LogP contribution is 1.81. The van der Waals surface area contributed by atoms with Gasteiger partial charge in [0, 0.05) is 19.5 Å². The molecule has 0 saturated carbocycles. The zero-order chi connectivity index (χ0) is 11.0. The number of amides is 2. The highest BCUT2D eigenvalue weighted by atomic mass is 16.2. The summed E-state index contributed by atoms with van der Waals surface area (Å²) in [7, 11) is 1.72. The third-order valence-corrected chi connectivity index (χ3v) is 1.85. The Labute approximate surface area is 84.6 Å². The molecule has 2 amide bonds. The molecule has 1 atom stereocenters. The number of carbonyl (C=O) groups excluding carboxylic acids is 2. The van der Waals surface area contributed by atoms with Crippen LogP contribution in [0.15, 0.2) is 0 Å². The maximum absolute atomic E-state index is 11.2. The van der Waals surface area contributed by atoms with Crippen molar-refractivity contribution in [3.63, 3.8) is 0 Å². The van der Waals surface area contributed by atoms with Gasteiger partial charge in [0.1, 0.15) is 0 Å². The number of hydrogen-bond donors (Lipinski definition) is 3. The largest absolute Gasteiger partial charge is 0.356 e. The average molecular weight is 201 g/mol.